The molecule has 3 aromatic rings. The van der Waals surface area contributed by atoms with E-state index in [4.69, 9.17) is 9.47 Å². The van der Waals surface area contributed by atoms with Crippen molar-refractivity contribution in [2.24, 2.45) is 0 Å². The summed E-state index contributed by atoms with van der Waals surface area (Å²) in [6, 6.07) is 13.8. The predicted molar refractivity (Wildman–Crippen MR) is 125 cm³/mol. The zero-order chi connectivity index (χ0) is 22.7. The standard InChI is InChI=1S/C24H25NO5S2/c1-16-10-12-19(13-11-16)32(27,28)23-20-8-3-4-9-21(20)31-24(23)25-22(26)15-30-18-7-5-6-17(14-18)29-2/h5-7,10-14H,3-4,8-9,15H2,1-2H3,(H,25,26). The molecule has 1 heterocycles. The summed E-state index contributed by atoms with van der Waals surface area (Å²) in [6.45, 7) is 1.68. The second-order valence-electron chi connectivity index (χ2n) is 7.70. The van der Waals surface area contributed by atoms with Gasteiger partial charge in [0.1, 0.15) is 21.4 Å². The van der Waals surface area contributed by atoms with Crippen molar-refractivity contribution in [2.75, 3.05) is 19.0 Å². The van der Waals surface area contributed by atoms with E-state index in [0.717, 1.165) is 35.3 Å². The van der Waals surface area contributed by atoms with Gasteiger partial charge in [0.15, 0.2) is 6.61 Å². The molecule has 0 saturated carbocycles. The van der Waals surface area contributed by atoms with Crippen LogP contribution in [0.3, 0.4) is 0 Å². The number of nitrogens with one attached hydrogen (secondary N) is 1. The molecule has 4 rings (SSSR count). The van der Waals surface area contributed by atoms with E-state index in [1.165, 1.54) is 11.3 Å². The number of amides is 1. The highest BCUT2D eigenvalue weighted by Crippen LogP contribution is 2.43. The first-order chi connectivity index (χ1) is 15.4. The number of ether oxygens (including phenoxy) is 2. The number of hydrogen-bond acceptors (Lipinski definition) is 6. The summed E-state index contributed by atoms with van der Waals surface area (Å²) in [4.78, 5) is 14.2. The third-order valence-corrected chi connectivity index (χ3v) is 8.60. The maximum atomic E-state index is 13.5. The first kappa shape index (κ1) is 22.4. The van der Waals surface area contributed by atoms with Gasteiger partial charge in [-0.15, -0.1) is 11.3 Å². The fourth-order valence-electron chi connectivity index (χ4n) is 3.74. The van der Waals surface area contributed by atoms with Crippen molar-refractivity contribution in [3.63, 3.8) is 0 Å². The van der Waals surface area contributed by atoms with Crippen molar-refractivity contribution in [3.05, 3.63) is 64.5 Å². The van der Waals surface area contributed by atoms with E-state index in [-0.39, 0.29) is 16.4 Å². The summed E-state index contributed by atoms with van der Waals surface area (Å²) < 4.78 is 37.8. The molecule has 0 bridgehead atoms. The van der Waals surface area contributed by atoms with E-state index in [2.05, 4.69) is 5.32 Å². The summed E-state index contributed by atoms with van der Waals surface area (Å²) >= 11 is 1.36. The summed E-state index contributed by atoms with van der Waals surface area (Å²) in [7, 11) is -2.21. The Morgan fingerprint density at radius 3 is 2.53 bits per heavy atom. The number of carbonyl (C=O) groups is 1. The van der Waals surface area contributed by atoms with E-state index in [9.17, 15) is 13.2 Å². The molecule has 0 radical (unpaired) electrons. The van der Waals surface area contributed by atoms with Crippen LogP contribution >= 0.6 is 11.3 Å². The molecule has 2 aromatic carbocycles. The SMILES string of the molecule is COc1cccc(OCC(=O)Nc2sc3c(c2S(=O)(=O)c2ccc(C)cc2)CCCC3)c1. The van der Waals surface area contributed by atoms with E-state index in [0.29, 0.717) is 22.9 Å². The minimum Gasteiger partial charge on any atom is -0.497 e. The molecule has 0 atom stereocenters. The smallest absolute Gasteiger partial charge is 0.262 e. The number of carbonyl (C=O) groups excluding carboxylic acids is 1. The molecular weight excluding hydrogens is 446 g/mol. The molecule has 0 aliphatic heterocycles. The molecule has 1 aliphatic rings. The van der Waals surface area contributed by atoms with Gasteiger partial charge < -0.3 is 14.8 Å². The van der Waals surface area contributed by atoms with Crippen molar-refractivity contribution >= 4 is 32.1 Å². The average Bonchev–Trinajstić information content (AvgIpc) is 3.16. The van der Waals surface area contributed by atoms with Crippen LogP contribution in [-0.4, -0.2) is 28.0 Å². The number of aryl methyl sites for hydroxylation is 2. The monoisotopic (exact) mass is 471 g/mol. The maximum absolute atomic E-state index is 13.5. The molecule has 1 aliphatic carbocycles. The number of methoxy groups -OCH3 is 1. The summed E-state index contributed by atoms with van der Waals surface area (Å²) in [6.07, 6.45) is 3.48. The van der Waals surface area contributed by atoms with Crippen molar-refractivity contribution in [3.8, 4) is 11.5 Å². The van der Waals surface area contributed by atoms with Crippen LogP contribution < -0.4 is 14.8 Å². The molecule has 1 N–H and O–H groups in total. The molecule has 0 spiro atoms. The topological polar surface area (TPSA) is 81.7 Å². The number of hydrogen-bond donors (Lipinski definition) is 1. The molecule has 1 aromatic heterocycles. The van der Waals surface area contributed by atoms with E-state index >= 15 is 0 Å². The highest BCUT2D eigenvalue weighted by atomic mass is 32.2. The molecule has 0 fully saturated rings. The van der Waals surface area contributed by atoms with E-state index in [1.807, 2.05) is 6.92 Å². The van der Waals surface area contributed by atoms with Gasteiger partial charge in [-0.1, -0.05) is 23.8 Å². The van der Waals surface area contributed by atoms with Gasteiger partial charge in [0.25, 0.3) is 5.91 Å². The quantitative estimate of drug-likeness (QED) is 0.536. The van der Waals surface area contributed by atoms with Crippen LogP contribution in [0.1, 0.15) is 28.8 Å². The van der Waals surface area contributed by atoms with Crippen LogP contribution in [0.25, 0.3) is 0 Å². The van der Waals surface area contributed by atoms with Crippen LogP contribution in [-0.2, 0) is 27.5 Å². The lowest BCUT2D eigenvalue weighted by atomic mass is 9.99. The Kier molecular flexibility index (Phi) is 6.53. The Balaban J connectivity index is 1.60. The molecule has 1 amide bonds. The van der Waals surface area contributed by atoms with Crippen molar-refractivity contribution in [1.82, 2.24) is 0 Å². The number of fused-ring (bicyclic) bond motifs is 1. The van der Waals surface area contributed by atoms with Crippen molar-refractivity contribution < 1.29 is 22.7 Å². The van der Waals surface area contributed by atoms with Gasteiger partial charge >= 0.3 is 0 Å². The highest BCUT2D eigenvalue weighted by molar-refractivity contribution is 7.92. The zero-order valence-corrected chi connectivity index (χ0v) is 19.6. The van der Waals surface area contributed by atoms with Gasteiger partial charge in [0.2, 0.25) is 9.84 Å². The largest absolute Gasteiger partial charge is 0.497 e. The third kappa shape index (κ3) is 4.66. The fraction of sp³-hybridized carbons (Fsp3) is 0.292. The minimum absolute atomic E-state index is 0.232. The Labute approximate surface area is 192 Å². The average molecular weight is 472 g/mol. The van der Waals surface area contributed by atoms with Gasteiger partial charge in [0.05, 0.1) is 12.0 Å². The summed E-state index contributed by atoms with van der Waals surface area (Å²) in [5.41, 5.74) is 1.82. The number of sulfone groups is 1. The number of thiophene rings is 1. The molecule has 0 unspecified atom stereocenters. The van der Waals surface area contributed by atoms with Crippen LogP contribution in [0.2, 0.25) is 0 Å². The first-order valence-electron chi connectivity index (χ1n) is 10.4. The second kappa shape index (κ2) is 9.34. The lowest BCUT2D eigenvalue weighted by Gasteiger charge is -2.14. The number of benzene rings is 2. The fourth-order valence-corrected chi connectivity index (χ4v) is 7.04. The molecule has 8 heteroatoms. The maximum Gasteiger partial charge on any atom is 0.262 e. The van der Waals surface area contributed by atoms with Gasteiger partial charge in [-0.25, -0.2) is 8.42 Å². The predicted octanol–water partition coefficient (Wildman–Crippen LogP) is 4.79. The van der Waals surface area contributed by atoms with Gasteiger partial charge in [-0.05, 0) is 62.4 Å². The number of rotatable bonds is 7. The zero-order valence-electron chi connectivity index (χ0n) is 18.0. The van der Waals surface area contributed by atoms with E-state index in [1.54, 1.807) is 55.6 Å². The van der Waals surface area contributed by atoms with Crippen LogP contribution in [0, 0.1) is 6.92 Å². The van der Waals surface area contributed by atoms with Crippen LogP contribution in [0.15, 0.2) is 58.3 Å². The van der Waals surface area contributed by atoms with Gasteiger partial charge in [-0.2, -0.15) is 0 Å². The molecular formula is C24H25NO5S2. The Hall–Kier alpha value is -2.84. The van der Waals surface area contributed by atoms with Crippen molar-refractivity contribution in [2.45, 2.75) is 42.4 Å². The third-order valence-electron chi connectivity index (χ3n) is 5.39. The molecule has 168 valence electrons. The molecule has 32 heavy (non-hydrogen) atoms. The van der Waals surface area contributed by atoms with Crippen molar-refractivity contribution in [1.29, 1.82) is 0 Å². The normalized spacial score (nSPS) is 13.3. The first-order valence-corrected chi connectivity index (χ1v) is 12.7. The van der Waals surface area contributed by atoms with E-state index < -0.39 is 15.7 Å². The number of anilines is 1. The summed E-state index contributed by atoms with van der Waals surface area (Å²) in [5, 5.41) is 3.17. The second-order valence-corrected chi connectivity index (χ2v) is 10.7. The summed E-state index contributed by atoms with van der Waals surface area (Å²) in [5.74, 6) is 0.713. The van der Waals surface area contributed by atoms with Gasteiger partial charge in [0, 0.05) is 10.9 Å². The van der Waals surface area contributed by atoms with Gasteiger partial charge in [-0.3, -0.25) is 4.79 Å². The lowest BCUT2D eigenvalue weighted by Crippen LogP contribution is -2.21. The van der Waals surface area contributed by atoms with Crippen LogP contribution in [0.5, 0.6) is 11.5 Å². The van der Waals surface area contributed by atoms with Crippen LogP contribution in [0.4, 0.5) is 5.00 Å². The molecule has 0 saturated heterocycles. The minimum atomic E-state index is -3.77. The Morgan fingerprint density at radius 1 is 1.06 bits per heavy atom. The lowest BCUT2D eigenvalue weighted by molar-refractivity contribution is -0.118. The highest BCUT2D eigenvalue weighted by Gasteiger charge is 2.31. The Morgan fingerprint density at radius 2 is 1.78 bits per heavy atom. The molecule has 6 nitrogen and oxygen atoms in total. The Bertz CT molecular complexity index is 1230.